The average Bonchev–Trinajstić information content (AvgIpc) is 1.21. The van der Waals surface area contributed by atoms with Crippen LogP contribution in [-0.4, -0.2) is 174 Å². The number of fused-ring (bicyclic) bond motifs is 3. The van der Waals surface area contributed by atoms with Crippen molar-refractivity contribution in [1.29, 1.82) is 0 Å². The fourth-order valence-electron chi connectivity index (χ4n) is 10.4. The molecular weight excluding hydrogens is 1100 g/mol. The van der Waals surface area contributed by atoms with Crippen LogP contribution in [-0.2, 0) is 23.8 Å². The van der Waals surface area contributed by atoms with E-state index in [2.05, 4.69) is 52.1 Å². The summed E-state index contributed by atoms with van der Waals surface area (Å²) in [7, 11) is 1.71. The van der Waals surface area contributed by atoms with E-state index < -0.39 is 17.0 Å². The van der Waals surface area contributed by atoms with Gasteiger partial charge in [0.25, 0.3) is 5.91 Å². The van der Waals surface area contributed by atoms with Crippen molar-refractivity contribution >= 4 is 85.6 Å². The van der Waals surface area contributed by atoms with Crippen molar-refractivity contribution in [3.8, 4) is 28.1 Å². The van der Waals surface area contributed by atoms with Gasteiger partial charge in [-0.25, -0.2) is 14.4 Å². The van der Waals surface area contributed by atoms with Gasteiger partial charge in [-0.15, -0.1) is 13.2 Å². The summed E-state index contributed by atoms with van der Waals surface area (Å²) in [5.41, 5.74) is 1.32. The predicted molar refractivity (Wildman–Crippen MR) is 336 cm³/mol. The number of rotatable bonds is 17. The SMILES string of the molecule is C=C.C=CC(=O)N1CCN(c2nc(NCCC(=O)N(C)C(C)(C)COC(C)(C)CNC(=O)c3cccc(-c4ccc5c(N6CCOCC6)nc(N6CCOCC6C)nc5n4)c3)nc3c(F)c(-c4cc(O)cc5ccccc45)c(Cl)cc23)CC1.CC. The molecule has 19 nitrogen and oxygen atoms in total. The van der Waals surface area contributed by atoms with Crippen LogP contribution in [0.2, 0.25) is 5.02 Å². The molecule has 3 saturated heterocycles. The van der Waals surface area contributed by atoms with Crippen molar-refractivity contribution in [2.24, 2.45) is 0 Å². The highest BCUT2D eigenvalue weighted by atomic mass is 35.5. The van der Waals surface area contributed by atoms with Gasteiger partial charge in [0.2, 0.25) is 23.7 Å². The minimum Gasteiger partial charge on any atom is -0.508 e. The number of aromatic nitrogens is 5. The van der Waals surface area contributed by atoms with E-state index in [0.717, 1.165) is 16.8 Å². The monoisotopic (exact) mass is 1180 g/mol. The molecule has 4 aromatic carbocycles. The normalized spacial score (nSPS) is 15.6. The summed E-state index contributed by atoms with van der Waals surface area (Å²) in [5.74, 6) is 0.525. The van der Waals surface area contributed by atoms with Crippen molar-refractivity contribution in [2.75, 3.05) is 119 Å². The van der Waals surface area contributed by atoms with Crippen molar-refractivity contribution < 1.29 is 38.1 Å². The lowest BCUT2D eigenvalue weighted by Gasteiger charge is -2.38. The number of nitrogens with zero attached hydrogens (tertiary/aromatic N) is 10. The highest BCUT2D eigenvalue weighted by Gasteiger charge is 2.33. The maximum Gasteiger partial charge on any atom is 0.251 e. The number of carbonyl (C=O) groups is 3. The van der Waals surface area contributed by atoms with Crippen LogP contribution >= 0.6 is 11.6 Å². The van der Waals surface area contributed by atoms with Gasteiger partial charge in [0.15, 0.2) is 11.5 Å². The third-order valence-electron chi connectivity index (χ3n) is 15.3. The van der Waals surface area contributed by atoms with Gasteiger partial charge in [-0.05, 0) is 99.5 Å². The second-order valence-corrected chi connectivity index (χ2v) is 22.3. The number of nitrogens with one attached hydrogen (secondary N) is 2. The van der Waals surface area contributed by atoms with Crippen LogP contribution in [0.15, 0.2) is 105 Å². The number of benzene rings is 4. The molecule has 450 valence electrons. The number of piperazine rings is 1. The number of anilines is 4. The largest absolute Gasteiger partial charge is 0.508 e. The Balaban J connectivity index is 0.00000230. The first kappa shape index (κ1) is 63.0. The van der Waals surface area contributed by atoms with Gasteiger partial charge in [0.1, 0.15) is 22.9 Å². The van der Waals surface area contributed by atoms with Crippen LogP contribution in [0, 0.1) is 5.82 Å². The zero-order valence-corrected chi connectivity index (χ0v) is 50.8. The second kappa shape index (κ2) is 27.8. The molecule has 0 spiro atoms. The van der Waals surface area contributed by atoms with E-state index in [0.29, 0.717) is 123 Å². The summed E-state index contributed by atoms with van der Waals surface area (Å²) in [5, 5.41) is 19.6. The Hall–Kier alpha value is -8.04. The van der Waals surface area contributed by atoms with Gasteiger partial charge in [-0.2, -0.15) is 15.0 Å². The third kappa shape index (κ3) is 14.4. The smallest absolute Gasteiger partial charge is 0.251 e. The van der Waals surface area contributed by atoms with E-state index in [-0.39, 0.29) is 77.7 Å². The minimum absolute atomic E-state index is 0.00571. The molecule has 0 bridgehead atoms. The number of phenolic OH excluding ortho intramolecular Hbond substituents is 1. The lowest BCUT2D eigenvalue weighted by molar-refractivity contribution is -0.139. The molecule has 3 N–H and O–H groups in total. The molecule has 3 fully saturated rings. The summed E-state index contributed by atoms with van der Waals surface area (Å²) in [6.07, 6.45) is 1.32. The molecule has 21 heteroatoms. The molecule has 3 aliphatic heterocycles. The van der Waals surface area contributed by atoms with Crippen LogP contribution < -0.4 is 25.3 Å². The summed E-state index contributed by atoms with van der Waals surface area (Å²) in [6, 6.07) is 23.4. The number of phenols is 1. The van der Waals surface area contributed by atoms with Crippen LogP contribution in [0.3, 0.4) is 0 Å². The molecule has 3 aliphatic rings. The average molecular weight is 1180 g/mol. The fraction of sp³-hybridized carbons (Fsp3) is 0.406. The second-order valence-electron chi connectivity index (χ2n) is 21.9. The van der Waals surface area contributed by atoms with Gasteiger partial charge in [-0.3, -0.25) is 14.4 Å². The van der Waals surface area contributed by atoms with Gasteiger partial charge in [0.05, 0.1) is 66.3 Å². The number of aromatic hydroxyl groups is 1. The Labute approximate surface area is 501 Å². The van der Waals surface area contributed by atoms with Gasteiger partial charge in [-0.1, -0.05) is 68.4 Å². The lowest BCUT2D eigenvalue weighted by Crippen LogP contribution is -2.51. The number of carbonyl (C=O) groups excluding carboxylic acids is 3. The van der Waals surface area contributed by atoms with Gasteiger partial charge >= 0.3 is 0 Å². The first-order chi connectivity index (χ1) is 40.9. The number of morpholine rings is 2. The Morgan fingerprint density at radius 2 is 1.54 bits per heavy atom. The fourth-order valence-corrected chi connectivity index (χ4v) is 10.6. The van der Waals surface area contributed by atoms with Crippen LogP contribution in [0.4, 0.5) is 27.9 Å². The van der Waals surface area contributed by atoms with Crippen molar-refractivity contribution in [1.82, 2.24) is 40.0 Å². The van der Waals surface area contributed by atoms with Crippen molar-refractivity contribution in [3.05, 3.63) is 121 Å². The molecule has 0 saturated carbocycles. The number of ether oxygens (including phenoxy) is 3. The molecular formula is C64H78ClFN12O7. The van der Waals surface area contributed by atoms with Crippen LogP contribution in [0.5, 0.6) is 5.75 Å². The number of amides is 3. The van der Waals surface area contributed by atoms with Crippen LogP contribution in [0.1, 0.15) is 65.2 Å². The quantitative estimate of drug-likeness (QED) is 0.0573. The predicted octanol–water partition coefficient (Wildman–Crippen LogP) is 9.94. The Kier molecular flexibility index (Phi) is 20.6. The highest BCUT2D eigenvalue weighted by Crippen LogP contribution is 2.43. The van der Waals surface area contributed by atoms with E-state index in [9.17, 15) is 19.5 Å². The molecule has 3 amide bonds. The van der Waals surface area contributed by atoms with Crippen molar-refractivity contribution in [2.45, 2.75) is 72.1 Å². The molecule has 1 atom stereocenters. The summed E-state index contributed by atoms with van der Waals surface area (Å²) in [6.45, 7) is 29.8. The molecule has 0 radical (unpaired) electrons. The summed E-state index contributed by atoms with van der Waals surface area (Å²) in [4.78, 5) is 74.4. The maximum atomic E-state index is 17.2. The number of halogens is 2. The summed E-state index contributed by atoms with van der Waals surface area (Å²) >= 11 is 6.94. The van der Waals surface area contributed by atoms with Gasteiger partial charge < -0.3 is 54.5 Å². The molecule has 3 aromatic heterocycles. The molecule has 1 unspecified atom stereocenters. The highest BCUT2D eigenvalue weighted by molar-refractivity contribution is 6.35. The topological polar surface area (TPSA) is 204 Å². The van der Waals surface area contributed by atoms with E-state index >= 15 is 4.39 Å². The molecule has 0 aliphatic carbocycles. The lowest BCUT2D eigenvalue weighted by atomic mass is 9.96. The minimum atomic E-state index is -0.824. The van der Waals surface area contributed by atoms with Crippen LogP contribution in [0.25, 0.3) is 55.1 Å². The molecule has 6 heterocycles. The Bertz CT molecular complexity index is 3560. The number of pyridine rings is 1. The Morgan fingerprint density at radius 3 is 2.27 bits per heavy atom. The van der Waals surface area contributed by atoms with E-state index in [1.54, 1.807) is 35.0 Å². The molecule has 10 rings (SSSR count). The number of likely N-dealkylation sites (N-methyl/N-ethyl adjacent to an activating group) is 1. The van der Waals surface area contributed by atoms with E-state index in [1.807, 2.05) is 101 Å². The first-order valence-electron chi connectivity index (χ1n) is 28.8. The third-order valence-corrected chi connectivity index (χ3v) is 15.6. The number of hydrogen-bond acceptors (Lipinski definition) is 16. The van der Waals surface area contributed by atoms with E-state index in [1.165, 1.54) is 12.1 Å². The number of hydrogen-bond donors (Lipinski definition) is 3. The Morgan fingerprint density at radius 1 is 0.835 bits per heavy atom. The van der Waals surface area contributed by atoms with E-state index in [4.69, 9.17) is 45.7 Å². The first-order valence-corrected chi connectivity index (χ1v) is 29.2. The zero-order valence-electron chi connectivity index (χ0n) is 50.0. The van der Waals surface area contributed by atoms with Crippen molar-refractivity contribution in [3.63, 3.8) is 0 Å². The summed E-state index contributed by atoms with van der Waals surface area (Å²) < 4.78 is 35.0. The molecule has 7 aromatic rings. The maximum absolute atomic E-state index is 17.2. The molecule has 85 heavy (non-hydrogen) atoms. The standard InChI is InChI=1S/C60H68ClFN12O7.C2H6.C2H4/c1-8-48(76)71-20-22-72(23-21-71)55-45-33-46(61)50(44-32-41(75)31-38-12-9-10-15-42(38)44)51(62)52(45)66-57(68-55)63-19-18-49(77)70(7)59(3,4)36-81-60(5,6)35-64-56(78)40-14-11-13-39(30-40)47-17-16-43-53(65-47)67-58(74-26-29-80-34-37(74)2)69-54(43)73-24-27-79-28-25-73;2*1-2/h8-17,30-33,37,75H,1,18-29,34-36H2,2-7H3,(H,64,78)(H,63,66,68);1-2H3;1-2H2. The van der Waals surface area contributed by atoms with Gasteiger partial charge in [0, 0.05) is 94.4 Å². The zero-order chi connectivity index (χ0) is 61.2.